The van der Waals surface area contributed by atoms with Crippen LogP contribution in [-0.4, -0.2) is 27.0 Å². The number of aromatic nitrogens is 2. The van der Waals surface area contributed by atoms with Crippen LogP contribution < -0.4 is 5.90 Å². The number of aliphatic carboxylic acids is 1. The standard InChI is InChI=1S/C12H9N3O4/c13-19-10(16)5-8(12(17)18)11-14-6-7-3-1-2-4-9(7)15-11/h1-6H,13H2,(H,17,18)/b8-5-. The van der Waals surface area contributed by atoms with Gasteiger partial charge >= 0.3 is 11.9 Å². The van der Waals surface area contributed by atoms with Gasteiger partial charge in [0.1, 0.15) is 5.57 Å². The highest BCUT2D eigenvalue weighted by Gasteiger charge is 2.16. The number of carboxylic acids is 1. The van der Waals surface area contributed by atoms with Gasteiger partial charge in [-0.25, -0.2) is 19.6 Å². The number of carbonyl (C=O) groups excluding carboxylic acids is 1. The van der Waals surface area contributed by atoms with Crippen molar-refractivity contribution in [2.45, 2.75) is 0 Å². The van der Waals surface area contributed by atoms with E-state index in [1.807, 2.05) is 6.07 Å². The summed E-state index contributed by atoms with van der Waals surface area (Å²) in [5.41, 5.74) is 0.182. The van der Waals surface area contributed by atoms with Crippen LogP contribution in [0.5, 0.6) is 0 Å². The zero-order valence-electron chi connectivity index (χ0n) is 9.61. The van der Waals surface area contributed by atoms with Gasteiger partial charge in [-0.1, -0.05) is 18.2 Å². The predicted octanol–water partition coefficient (Wildman–Crippen LogP) is 0.515. The molecule has 1 aromatic heterocycles. The SMILES string of the molecule is NOC(=O)/C=C(\C(=O)O)c1ncc2ccccc2n1. The fourth-order valence-corrected chi connectivity index (χ4v) is 1.48. The number of hydrogen-bond acceptors (Lipinski definition) is 6. The van der Waals surface area contributed by atoms with Crippen molar-refractivity contribution >= 4 is 28.4 Å². The van der Waals surface area contributed by atoms with E-state index in [-0.39, 0.29) is 11.4 Å². The third kappa shape index (κ3) is 2.72. The lowest BCUT2D eigenvalue weighted by Gasteiger charge is -2.02. The van der Waals surface area contributed by atoms with Crippen LogP contribution in [0.15, 0.2) is 36.5 Å². The molecule has 0 atom stereocenters. The number of carbonyl (C=O) groups is 2. The first kappa shape index (κ1) is 12.7. The van der Waals surface area contributed by atoms with E-state index in [1.165, 1.54) is 6.20 Å². The Bertz CT molecular complexity index is 681. The van der Waals surface area contributed by atoms with E-state index in [4.69, 9.17) is 5.11 Å². The van der Waals surface area contributed by atoms with Gasteiger partial charge in [-0.3, -0.25) is 0 Å². The number of para-hydroxylation sites is 1. The smallest absolute Gasteiger partial charge is 0.350 e. The van der Waals surface area contributed by atoms with Gasteiger partial charge in [-0.05, 0) is 6.07 Å². The lowest BCUT2D eigenvalue weighted by molar-refractivity contribution is -0.138. The van der Waals surface area contributed by atoms with E-state index in [9.17, 15) is 9.59 Å². The van der Waals surface area contributed by atoms with E-state index < -0.39 is 11.9 Å². The highest BCUT2D eigenvalue weighted by molar-refractivity contribution is 6.18. The highest BCUT2D eigenvalue weighted by Crippen LogP contribution is 2.15. The number of fused-ring (bicyclic) bond motifs is 1. The third-order valence-corrected chi connectivity index (χ3v) is 2.34. The molecule has 0 unspecified atom stereocenters. The molecule has 7 heteroatoms. The number of nitrogens with zero attached hydrogens (tertiary/aromatic N) is 2. The summed E-state index contributed by atoms with van der Waals surface area (Å²) in [5, 5.41) is 9.81. The van der Waals surface area contributed by atoms with Gasteiger partial charge in [-0.15, -0.1) is 0 Å². The van der Waals surface area contributed by atoms with Crippen LogP contribution in [0.4, 0.5) is 0 Å². The molecule has 0 bridgehead atoms. The Morgan fingerprint density at radius 2 is 2.05 bits per heavy atom. The average Bonchev–Trinajstić information content (AvgIpc) is 2.43. The Hall–Kier alpha value is -2.80. The van der Waals surface area contributed by atoms with E-state index in [0.29, 0.717) is 5.52 Å². The second kappa shape index (κ2) is 5.23. The summed E-state index contributed by atoms with van der Waals surface area (Å²) >= 11 is 0. The lowest BCUT2D eigenvalue weighted by Crippen LogP contribution is -2.11. The van der Waals surface area contributed by atoms with Gasteiger partial charge in [0, 0.05) is 17.7 Å². The fraction of sp³-hybridized carbons (Fsp3) is 0. The summed E-state index contributed by atoms with van der Waals surface area (Å²) in [4.78, 5) is 34.0. The topological polar surface area (TPSA) is 115 Å². The van der Waals surface area contributed by atoms with Gasteiger partial charge in [0.05, 0.1) is 5.52 Å². The first-order valence-corrected chi connectivity index (χ1v) is 5.19. The molecule has 0 radical (unpaired) electrons. The number of carboxylic acid groups (broad SMARTS) is 1. The Morgan fingerprint density at radius 1 is 1.32 bits per heavy atom. The largest absolute Gasteiger partial charge is 0.478 e. The Kier molecular flexibility index (Phi) is 3.48. The molecule has 7 nitrogen and oxygen atoms in total. The first-order valence-electron chi connectivity index (χ1n) is 5.19. The van der Waals surface area contributed by atoms with Crippen LogP contribution in [0.25, 0.3) is 16.5 Å². The summed E-state index contributed by atoms with van der Waals surface area (Å²) in [7, 11) is 0. The number of rotatable bonds is 3. The minimum Gasteiger partial charge on any atom is -0.478 e. The predicted molar refractivity (Wildman–Crippen MR) is 65.4 cm³/mol. The van der Waals surface area contributed by atoms with Crippen LogP contribution in [0.1, 0.15) is 5.82 Å². The molecule has 1 aromatic carbocycles. The van der Waals surface area contributed by atoms with Crippen molar-refractivity contribution in [2.24, 2.45) is 5.90 Å². The molecule has 0 spiro atoms. The highest BCUT2D eigenvalue weighted by atomic mass is 16.7. The first-order chi connectivity index (χ1) is 9.11. The van der Waals surface area contributed by atoms with E-state index in [2.05, 4.69) is 20.7 Å². The second-order valence-corrected chi connectivity index (χ2v) is 3.55. The summed E-state index contributed by atoms with van der Waals surface area (Å²) in [5.74, 6) is 2.24. The summed E-state index contributed by atoms with van der Waals surface area (Å²) in [6.07, 6.45) is 2.20. The van der Waals surface area contributed by atoms with Crippen LogP contribution in [0.2, 0.25) is 0 Å². The summed E-state index contributed by atoms with van der Waals surface area (Å²) in [6, 6.07) is 7.07. The van der Waals surface area contributed by atoms with Crippen molar-refractivity contribution in [3.63, 3.8) is 0 Å². The molecule has 0 fully saturated rings. The molecule has 1 heterocycles. The van der Waals surface area contributed by atoms with Crippen molar-refractivity contribution in [3.8, 4) is 0 Å². The van der Waals surface area contributed by atoms with Gasteiger partial charge < -0.3 is 9.94 Å². The van der Waals surface area contributed by atoms with Crippen molar-refractivity contribution in [3.05, 3.63) is 42.4 Å². The van der Waals surface area contributed by atoms with Gasteiger partial charge in [0.25, 0.3) is 0 Å². The van der Waals surface area contributed by atoms with E-state index in [1.54, 1.807) is 18.2 Å². The number of benzene rings is 1. The Balaban J connectivity index is 2.54. The molecule has 0 aliphatic heterocycles. The van der Waals surface area contributed by atoms with E-state index >= 15 is 0 Å². The van der Waals surface area contributed by atoms with Crippen molar-refractivity contribution in [1.29, 1.82) is 0 Å². The number of hydrogen-bond donors (Lipinski definition) is 2. The van der Waals surface area contributed by atoms with Gasteiger partial charge in [-0.2, -0.15) is 5.90 Å². The molecule has 2 rings (SSSR count). The molecular formula is C12H9N3O4. The zero-order valence-corrected chi connectivity index (χ0v) is 9.61. The normalized spacial score (nSPS) is 11.3. The molecular weight excluding hydrogens is 250 g/mol. The average molecular weight is 259 g/mol. The van der Waals surface area contributed by atoms with Crippen molar-refractivity contribution in [2.75, 3.05) is 0 Å². The maximum absolute atomic E-state index is 11.1. The second-order valence-electron chi connectivity index (χ2n) is 3.55. The molecule has 0 amide bonds. The van der Waals surface area contributed by atoms with Crippen molar-refractivity contribution < 1.29 is 19.5 Å². The quantitative estimate of drug-likeness (QED) is 0.609. The fourth-order valence-electron chi connectivity index (χ4n) is 1.48. The zero-order chi connectivity index (χ0) is 13.8. The van der Waals surface area contributed by atoms with Crippen LogP contribution >= 0.6 is 0 Å². The van der Waals surface area contributed by atoms with Crippen molar-refractivity contribution in [1.82, 2.24) is 9.97 Å². The molecule has 0 saturated heterocycles. The van der Waals surface area contributed by atoms with Crippen LogP contribution in [-0.2, 0) is 14.4 Å². The van der Waals surface area contributed by atoms with E-state index in [0.717, 1.165) is 11.5 Å². The summed E-state index contributed by atoms with van der Waals surface area (Å²) < 4.78 is 0. The minimum atomic E-state index is -1.35. The third-order valence-electron chi connectivity index (χ3n) is 2.34. The minimum absolute atomic E-state index is 0.0865. The molecule has 0 aliphatic rings. The molecule has 0 saturated carbocycles. The molecule has 2 aromatic rings. The molecule has 19 heavy (non-hydrogen) atoms. The Labute approximate surface area is 107 Å². The summed E-state index contributed by atoms with van der Waals surface area (Å²) in [6.45, 7) is 0. The molecule has 3 N–H and O–H groups in total. The van der Waals surface area contributed by atoms with Crippen LogP contribution in [0, 0.1) is 0 Å². The van der Waals surface area contributed by atoms with Gasteiger partial charge in [0.15, 0.2) is 5.82 Å². The monoisotopic (exact) mass is 259 g/mol. The lowest BCUT2D eigenvalue weighted by atomic mass is 10.2. The number of nitrogens with two attached hydrogens (primary N) is 1. The van der Waals surface area contributed by atoms with Gasteiger partial charge in [0.2, 0.25) is 0 Å². The maximum Gasteiger partial charge on any atom is 0.350 e. The molecule has 0 aliphatic carbocycles. The maximum atomic E-state index is 11.1. The molecule has 96 valence electrons. The van der Waals surface area contributed by atoms with Crippen LogP contribution in [0.3, 0.4) is 0 Å². The Morgan fingerprint density at radius 3 is 2.74 bits per heavy atom.